The molecule has 0 atom stereocenters. The summed E-state index contributed by atoms with van der Waals surface area (Å²) >= 11 is 0. The van der Waals surface area contributed by atoms with Crippen molar-refractivity contribution in [3.8, 4) is 0 Å². The highest BCUT2D eigenvalue weighted by Crippen LogP contribution is 2.25. The van der Waals surface area contributed by atoms with Gasteiger partial charge in [-0.1, -0.05) is 18.2 Å². The van der Waals surface area contributed by atoms with Gasteiger partial charge in [-0.15, -0.1) is 0 Å². The first kappa shape index (κ1) is 10.7. The van der Waals surface area contributed by atoms with Crippen LogP contribution in [0.1, 0.15) is 5.56 Å². The van der Waals surface area contributed by atoms with E-state index in [0.717, 1.165) is 25.0 Å². The highest BCUT2D eigenvalue weighted by Gasteiger charge is 2.37. The smallest absolute Gasteiger partial charge is 0.0966 e. The fourth-order valence-electron chi connectivity index (χ4n) is 2.40. The van der Waals surface area contributed by atoms with Crippen molar-refractivity contribution >= 4 is 10.9 Å². The zero-order valence-corrected chi connectivity index (χ0v) is 9.94. The molecule has 3 rings (SSSR count). The summed E-state index contributed by atoms with van der Waals surface area (Å²) in [6.45, 7) is 1.86. The maximum absolute atomic E-state index is 5.64. The van der Waals surface area contributed by atoms with E-state index in [1.807, 2.05) is 12.3 Å². The summed E-state index contributed by atoms with van der Waals surface area (Å²) in [5.41, 5.74) is 2.35. The number of aromatic nitrogens is 1. The standard InChI is InChI=1S/C14H16N2O/c1-17-14(9-15-10-14)8-11-6-7-16-13-5-3-2-4-12(11)13/h2-7,15H,8-10H2,1H3. The van der Waals surface area contributed by atoms with Crippen LogP contribution in [-0.2, 0) is 11.2 Å². The van der Waals surface area contributed by atoms with Gasteiger partial charge >= 0.3 is 0 Å². The van der Waals surface area contributed by atoms with E-state index in [0.29, 0.717) is 0 Å². The minimum atomic E-state index is -0.0237. The third-order valence-corrected chi connectivity index (χ3v) is 3.58. The Balaban J connectivity index is 2.00. The van der Waals surface area contributed by atoms with Gasteiger partial charge in [0.05, 0.1) is 11.1 Å². The second-order valence-corrected chi connectivity index (χ2v) is 4.65. The molecule has 1 saturated heterocycles. The number of benzene rings is 1. The average Bonchev–Trinajstić information content (AvgIpc) is 2.34. The van der Waals surface area contributed by atoms with Gasteiger partial charge in [0.25, 0.3) is 0 Å². The Morgan fingerprint density at radius 2 is 2.12 bits per heavy atom. The van der Waals surface area contributed by atoms with Crippen molar-refractivity contribution < 1.29 is 4.74 Å². The molecule has 0 spiro atoms. The van der Waals surface area contributed by atoms with Gasteiger partial charge in [0.15, 0.2) is 0 Å². The van der Waals surface area contributed by atoms with Crippen LogP contribution >= 0.6 is 0 Å². The molecule has 88 valence electrons. The molecule has 3 nitrogen and oxygen atoms in total. The predicted molar refractivity (Wildman–Crippen MR) is 68.1 cm³/mol. The second kappa shape index (κ2) is 4.09. The Kier molecular flexibility index (Phi) is 2.57. The van der Waals surface area contributed by atoms with Crippen LogP contribution in [0, 0.1) is 0 Å². The van der Waals surface area contributed by atoms with Crippen LogP contribution in [0.15, 0.2) is 36.5 Å². The molecule has 0 aliphatic carbocycles. The number of hydrogen-bond acceptors (Lipinski definition) is 3. The first-order chi connectivity index (χ1) is 8.33. The van der Waals surface area contributed by atoms with Gasteiger partial charge in [0.2, 0.25) is 0 Å². The Morgan fingerprint density at radius 3 is 2.82 bits per heavy atom. The normalized spacial score (nSPS) is 17.9. The minimum Gasteiger partial charge on any atom is -0.375 e. The summed E-state index contributed by atoms with van der Waals surface area (Å²) in [5, 5.41) is 4.52. The SMILES string of the molecule is COC1(Cc2ccnc3ccccc23)CNC1. The van der Waals surface area contributed by atoms with E-state index in [1.165, 1.54) is 10.9 Å². The Labute approximate surface area is 101 Å². The molecule has 0 amide bonds. The molecule has 0 saturated carbocycles. The average molecular weight is 228 g/mol. The highest BCUT2D eigenvalue weighted by molar-refractivity contribution is 5.81. The largest absolute Gasteiger partial charge is 0.375 e. The molecule has 0 bridgehead atoms. The number of hydrogen-bond donors (Lipinski definition) is 1. The Morgan fingerprint density at radius 1 is 1.29 bits per heavy atom. The minimum absolute atomic E-state index is 0.0237. The molecule has 17 heavy (non-hydrogen) atoms. The van der Waals surface area contributed by atoms with Gasteiger partial charge in [0.1, 0.15) is 0 Å². The van der Waals surface area contributed by atoms with E-state index in [9.17, 15) is 0 Å². The fraction of sp³-hybridized carbons (Fsp3) is 0.357. The lowest BCUT2D eigenvalue weighted by atomic mass is 9.87. The van der Waals surface area contributed by atoms with E-state index in [1.54, 1.807) is 7.11 Å². The molecule has 0 unspecified atom stereocenters. The summed E-state index contributed by atoms with van der Waals surface area (Å²) in [7, 11) is 1.80. The maximum Gasteiger partial charge on any atom is 0.0966 e. The van der Waals surface area contributed by atoms with E-state index in [4.69, 9.17) is 4.74 Å². The summed E-state index contributed by atoms with van der Waals surface area (Å²) in [4.78, 5) is 4.39. The Hall–Kier alpha value is -1.45. The van der Waals surface area contributed by atoms with Crippen LogP contribution in [0.2, 0.25) is 0 Å². The van der Waals surface area contributed by atoms with Gasteiger partial charge < -0.3 is 10.1 Å². The third kappa shape index (κ3) is 1.81. The van der Waals surface area contributed by atoms with E-state index < -0.39 is 0 Å². The zero-order valence-electron chi connectivity index (χ0n) is 9.94. The van der Waals surface area contributed by atoms with Crippen molar-refractivity contribution in [1.82, 2.24) is 10.3 Å². The van der Waals surface area contributed by atoms with Gasteiger partial charge in [0, 0.05) is 38.2 Å². The highest BCUT2D eigenvalue weighted by atomic mass is 16.5. The molecule has 1 aliphatic rings. The Bertz CT molecular complexity index is 524. The van der Waals surface area contributed by atoms with Gasteiger partial charge in [-0.05, 0) is 17.7 Å². The van der Waals surface area contributed by atoms with Crippen molar-refractivity contribution in [3.63, 3.8) is 0 Å². The van der Waals surface area contributed by atoms with Crippen LogP contribution in [-0.4, -0.2) is 30.8 Å². The van der Waals surface area contributed by atoms with Gasteiger partial charge in [-0.2, -0.15) is 0 Å². The van der Waals surface area contributed by atoms with Gasteiger partial charge in [-0.25, -0.2) is 0 Å². The van der Waals surface area contributed by atoms with Crippen molar-refractivity contribution in [2.75, 3.05) is 20.2 Å². The molecule has 1 aromatic heterocycles. The van der Waals surface area contributed by atoms with Crippen molar-refractivity contribution in [2.24, 2.45) is 0 Å². The quantitative estimate of drug-likeness (QED) is 0.869. The molecule has 1 aliphatic heterocycles. The summed E-state index contributed by atoms with van der Waals surface area (Å²) in [6.07, 6.45) is 2.83. The molecule has 1 N–H and O–H groups in total. The van der Waals surface area contributed by atoms with Crippen LogP contribution in [0.25, 0.3) is 10.9 Å². The van der Waals surface area contributed by atoms with Crippen LogP contribution in [0.5, 0.6) is 0 Å². The fourth-order valence-corrected chi connectivity index (χ4v) is 2.40. The number of para-hydroxylation sites is 1. The lowest BCUT2D eigenvalue weighted by Crippen LogP contribution is -2.61. The lowest BCUT2D eigenvalue weighted by Gasteiger charge is -2.41. The second-order valence-electron chi connectivity index (χ2n) is 4.65. The van der Waals surface area contributed by atoms with Crippen molar-refractivity contribution in [1.29, 1.82) is 0 Å². The molecule has 3 heteroatoms. The molecule has 0 radical (unpaired) electrons. The molecule has 1 aromatic carbocycles. The van der Waals surface area contributed by atoms with E-state index in [2.05, 4.69) is 34.6 Å². The molecule has 2 heterocycles. The van der Waals surface area contributed by atoms with Crippen LogP contribution in [0.4, 0.5) is 0 Å². The maximum atomic E-state index is 5.64. The molecule has 2 aromatic rings. The first-order valence-corrected chi connectivity index (χ1v) is 5.91. The number of nitrogens with zero attached hydrogens (tertiary/aromatic N) is 1. The van der Waals surface area contributed by atoms with Crippen LogP contribution < -0.4 is 5.32 Å². The van der Waals surface area contributed by atoms with E-state index in [-0.39, 0.29) is 5.60 Å². The van der Waals surface area contributed by atoms with Gasteiger partial charge in [-0.3, -0.25) is 4.98 Å². The predicted octanol–water partition coefficient (Wildman–Crippen LogP) is 1.77. The van der Waals surface area contributed by atoms with E-state index >= 15 is 0 Å². The first-order valence-electron chi connectivity index (χ1n) is 5.91. The van der Waals surface area contributed by atoms with Crippen LogP contribution in [0.3, 0.4) is 0 Å². The molecule has 1 fully saturated rings. The zero-order chi connectivity index (χ0) is 11.7. The molecular formula is C14H16N2O. The number of pyridine rings is 1. The number of nitrogens with one attached hydrogen (secondary N) is 1. The summed E-state index contributed by atoms with van der Waals surface area (Å²) < 4.78 is 5.64. The lowest BCUT2D eigenvalue weighted by molar-refractivity contribution is -0.0500. The topological polar surface area (TPSA) is 34.1 Å². The van der Waals surface area contributed by atoms with Crippen molar-refractivity contribution in [3.05, 3.63) is 42.1 Å². The third-order valence-electron chi connectivity index (χ3n) is 3.58. The number of ether oxygens (including phenoxy) is 1. The number of rotatable bonds is 3. The summed E-state index contributed by atoms with van der Waals surface area (Å²) in [6, 6.07) is 10.4. The number of methoxy groups -OCH3 is 1. The number of fused-ring (bicyclic) bond motifs is 1. The summed E-state index contributed by atoms with van der Waals surface area (Å²) in [5.74, 6) is 0. The molecular weight excluding hydrogens is 212 g/mol. The monoisotopic (exact) mass is 228 g/mol. The van der Waals surface area contributed by atoms with Crippen molar-refractivity contribution in [2.45, 2.75) is 12.0 Å².